The summed E-state index contributed by atoms with van der Waals surface area (Å²) in [6.07, 6.45) is 8.27. The van der Waals surface area contributed by atoms with Crippen LogP contribution in [0.15, 0.2) is 0 Å². The average molecular weight is 267 g/mol. The monoisotopic (exact) mass is 267 g/mol. The summed E-state index contributed by atoms with van der Waals surface area (Å²) in [5, 5.41) is 12.2. The zero-order valence-electron chi connectivity index (χ0n) is 11.8. The number of carbonyl (C=O) groups is 2. The summed E-state index contributed by atoms with van der Waals surface area (Å²) >= 11 is 0. The highest BCUT2D eigenvalue weighted by atomic mass is 16.4. The predicted molar refractivity (Wildman–Crippen MR) is 72.7 cm³/mol. The fourth-order valence-corrected chi connectivity index (χ4v) is 3.62. The maximum atomic E-state index is 12.5. The van der Waals surface area contributed by atoms with Crippen molar-refractivity contribution in [1.29, 1.82) is 0 Å². The van der Waals surface area contributed by atoms with Gasteiger partial charge in [-0.2, -0.15) is 0 Å². The fraction of sp³-hybridized carbons (Fsp3) is 0.867. The van der Waals surface area contributed by atoms with Crippen molar-refractivity contribution >= 4 is 11.9 Å². The molecule has 0 heterocycles. The molecule has 0 aliphatic heterocycles. The largest absolute Gasteiger partial charge is 0.481 e. The van der Waals surface area contributed by atoms with E-state index < -0.39 is 5.97 Å². The second kappa shape index (κ2) is 5.93. The van der Waals surface area contributed by atoms with E-state index >= 15 is 0 Å². The van der Waals surface area contributed by atoms with Crippen LogP contribution in [-0.4, -0.2) is 23.0 Å². The van der Waals surface area contributed by atoms with Gasteiger partial charge in [0.2, 0.25) is 5.91 Å². The molecule has 2 fully saturated rings. The Hall–Kier alpha value is -1.06. The van der Waals surface area contributed by atoms with Gasteiger partial charge in [-0.3, -0.25) is 9.59 Å². The molecule has 2 rings (SSSR count). The van der Waals surface area contributed by atoms with Crippen LogP contribution in [0, 0.1) is 11.3 Å². The van der Waals surface area contributed by atoms with Crippen LogP contribution in [0.4, 0.5) is 0 Å². The van der Waals surface area contributed by atoms with Crippen molar-refractivity contribution in [3.05, 3.63) is 0 Å². The van der Waals surface area contributed by atoms with Crippen LogP contribution in [-0.2, 0) is 9.59 Å². The maximum Gasteiger partial charge on any atom is 0.306 e. The summed E-state index contributed by atoms with van der Waals surface area (Å²) in [5.74, 6) is -0.684. The molecule has 2 aliphatic rings. The molecular formula is C15H25NO3. The summed E-state index contributed by atoms with van der Waals surface area (Å²) in [7, 11) is 0. The Labute approximate surface area is 115 Å². The SMILES string of the molecule is CCC1(C(=O)NC2CCC(C(=O)O)CC2)CCCC1. The van der Waals surface area contributed by atoms with E-state index in [1.165, 1.54) is 0 Å². The van der Waals surface area contributed by atoms with Crippen LogP contribution >= 0.6 is 0 Å². The van der Waals surface area contributed by atoms with Gasteiger partial charge in [0.25, 0.3) is 0 Å². The lowest BCUT2D eigenvalue weighted by molar-refractivity contribution is -0.142. The minimum absolute atomic E-state index is 0.135. The molecule has 0 aromatic carbocycles. The maximum absolute atomic E-state index is 12.5. The molecule has 2 saturated carbocycles. The van der Waals surface area contributed by atoms with Crippen molar-refractivity contribution in [3.63, 3.8) is 0 Å². The third-order valence-electron chi connectivity index (χ3n) is 5.13. The van der Waals surface area contributed by atoms with E-state index in [1.54, 1.807) is 0 Å². The van der Waals surface area contributed by atoms with Crippen molar-refractivity contribution in [2.24, 2.45) is 11.3 Å². The van der Waals surface area contributed by atoms with Gasteiger partial charge in [0.15, 0.2) is 0 Å². The first kappa shape index (κ1) is 14.4. The summed E-state index contributed by atoms with van der Waals surface area (Å²) in [6.45, 7) is 2.10. The lowest BCUT2D eigenvalue weighted by atomic mass is 9.81. The first-order valence-electron chi connectivity index (χ1n) is 7.61. The minimum Gasteiger partial charge on any atom is -0.481 e. The second-order valence-corrected chi connectivity index (χ2v) is 6.20. The van der Waals surface area contributed by atoms with Gasteiger partial charge in [-0.25, -0.2) is 0 Å². The standard InChI is InChI=1S/C15H25NO3/c1-2-15(9-3-4-10-15)14(19)16-12-7-5-11(6-8-12)13(17)18/h11-12H,2-10H2,1H3,(H,16,19)(H,17,18). The number of carboxylic acid groups (broad SMARTS) is 1. The molecule has 0 radical (unpaired) electrons. The highest BCUT2D eigenvalue weighted by Gasteiger charge is 2.40. The molecule has 108 valence electrons. The molecule has 0 aromatic heterocycles. The molecule has 2 N–H and O–H groups in total. The quantitative estimate of drug-likeness (QED) is 0.823. The minimum atomic E-state index is -0.689. The van der Waals surface area contributed by atoms with E-state index in [-0.39, 0.29) is 23.3 Å². The van der Waals surface area contributed by atoms with Gasteiger partial charge in [-0.05, 0) is 44.9 Å². The number of nitrogens with one attached hydrogen (secondary N) is 1. The number of rotatable bonds is 4. The molecule has 0 bridgehead atoms. The molecule has 1 amide bonds. The van der Waals surface area contributed by atoms with E-state index in [0.717, 1.165) is 44.9 Å². The van der Waals surface area contributed by atoms with Gasteiger partial charge < -0.3 is 10.4 Å². The van der Waals surface area contributed by atoms with Gasteiger partial charge in [0, 0.05) is 11.5 Å². The van der Waals surface area contributed by atoms with E-state index in [1.807, 2.05) is 0 Å². The van der Waals surface area contributed by atoms with E-state index in [4.69, 9.17) is 5.11 Å². The Morgan fingerprint density at radius 1 is 1.16 bits per heavy atom. The smallest absolute Gasteiger partial charge is 0.306 e. The van der Waals surface area contributed by atoms with E-state index in [0.29, 0.717) is 12.8 Å². The first-order valence-corrected chi connectivity index (χ1v) is 7.61. The van der Waals surface area contributed by atoms with Gasteiger partial charge in [0.1, 0.15) is 0 Å². The highest BCUT2D eigenvalue weighted by molar-refractivity contribution is 5.83. The van der Waals surface area contributed by atoms with E-state index in [2.05, 4.69) is 12.2 Å². The molecule has 0 spiro atoms. The number of hydrogen-bond acceptors (Lipinski definition) is 2. The predicted octanol–water partition coefficient (Wildman–Crippen LogP) is 2.72. The summed E-state index contributed by atoms with van der Waals surface area (Å²) < 4.78 is 0. The Morgan fingerprint density at radius 3 is 2.21 bits per heavy atom. The molecule has 0 atom stereocenters. The third-order valence-corrected chi connectivity index (χ3v) is 5.13. The van der Waals surface area contributed by atoms with E-state index in [9.17, 15) is 9.59 Å². The van der Waals surface area contributed by atoms with Crippen molar-refractivity contribution < 1.29 is 14.7 Å². The van der Waals surface area contributed by atoms with Crippen molar-refractivity contribution in [2.45, 2.75) is 70.8 Å². The Morgan fingerprint density at radius 2 is 1.74 bits per heavy atom. The molecule has 2 aliphatic carbocycles. The topological polar surface area (TPSA) is 66.4 Å². The van der Waals surface area contributed by atoms with Crippen LogP contribution in [0.5, 0.6) is 0 Å². The van der Waals surface area contributed by atoms with Crippen molar-refractivity contribution in [1.82, 2.24) is 5.32 Å². The number of carboxylic acids is 1. The van der Waals surface area contributed by atoms with Gasteiger partial charge in [-0.1, -0.05) is 19.8 Å². The van der Waals surface area contributed by atoms with Crippen LogP contribution in [0.2, 0.25) is 0 Å². The molecular weight excluding hydrogens is 242 g/mol. The fourth-order valence-electron chi connectivity index (χ4n) is 3.62. The lowest BCUT2D eigenvalue weighted by Crippen LogP contribution is -2.45. The number of aliphatic carboxylic acids is 1. The second-order valence-electron chi connectivity index (χ2n) is 6.20. The molecule has 19 heavy (non-hydrogen) atoms. The summed E-state index contributed by atoms with van der Waals surface area (Å²) in [6, 6.07) is 0.187. The summed E-state index contributed by atoms with van der Waals surface area (Å²) in [5.41, 5.74) is -0.135. The number of hydrogen-bond donors (Lipinski definition) is 2. The average Bonchev–Trinajstić information content (AvgIpc) is 2.89. The van der Waals surface area contributed by atoms with Gasteiger partial charge in [-0.15, -0.1) is 0 Å². The van der Waals surface area contributed by atoms with Crippen LogP contribution in [0.3, 0.4) is 0 Å². The van der Waals surface area contributed by atoms with Gasteiger partial charge in [0.05, 0.1) is 5.92 Å². The Bertz CT molecular complexity index is 339. The lowest BCUT2D eigenvalue weighted by Gasteiger charge is -2.32. The highest BCUT2D eigenvalue weighted by Crippen LogP contribution is 2.41. The molecule has 0 unspecified atom stereocenters. The van der Waals surface area contributed by atoms with Crippen LogP contribution < -0.4 is 5.32 Å². The summed E-state index contributed by atoms with van der Waals surface area (Å²) in [4.78, 5) is 23.4. The Kier molecular flexibility index (Phi) is 4.48. The number of carbonyl (C=O) groups excluding carboxylic acids is 1. The zero-order valence-corrected chi connectivity index (χ0v) is 11.8. The third kappa shape index (κ3) is 3.10. The first-order chi connectivity index (χ1) is 9.07. The molecule has 0 aromatic rings. The molecule has 0 saturated heterocycles. The molecule has 4 heteroatoms. The molecule has 4 nitrogen and oxygen atoms in total. The normalized spacial score (nSPS) is 29.9. The number of amides is 1. The Balaban J connectivity index is 1.85. The van der Waals surface area contributed by atoms with Crippen LogP contribution in [0.25, 0.3) is 0 Å². The van der Waals surface area contributed by atoms with Crippen molar-refractivity contribution in [2.75, 3.05) is 0 Å². The van der Waals surface area contributed by atoms with Gasteiger partial charge >= 0.3 is 5.97 Å². The van der Waals surface area contributed by atoms with Crippen LogP contribution in [0.1, 0.15) is 64.7 Å². The zero-order chi connectivity index (χ0) is 13.9. The van der Waals surface area contributed by atoms with Crippen molar-refractivity contribution in [3.8, 4) is 0 Å².